The maximum absolute atomic E-state index is 11.8. The van der Waals surface area contributed by atoms with E-state index in [2.05, 4.69) is 10.4 Å². The number of nitrogens with one attached hydrogen (secondary N) is 1. The molecule has 1 aromatic carbocycles. The molecule has 7 nitrogen and oxygen atoms in total. The molecule has 104 valence electrons. The molecule has 7 heteroatoms. The van der Waals surface area contributed by atoms with Gasteiger partial charge in [-0.1, -0.05) is 18.2 Å². The monoisotopic (exact) mass is 274 g/mol. The van der Waals surface area contributed by atoms with E-state index >= 15 is 0 Å². The van der Waals surface area contributed by atoms with Crippen molar-refractivity contribution in [2.45, 2.75) is 19.9 Å². The molecule has 20 heavy (non-hydrogen) atoms. The van der Waals surface area contributed by atoms with Crippen LogP contribution in [0.5, 0.6) is 0 Å². The van der Waals surface area contributed by atoms with Crippen LogP contribution in [-0.2, 0) is 11.3 Å². The molecule has 2 aromatic rings. The minimum Gasteiger partial charge on any atom is -0.326 e. The summed E-state index contributed by atoms with van der Waals surface area (Å²) in [7, 11) is 0. The first-order chi connectivity index (χ1) is 9.56. The number of carbonyl (C=O) groups excluding carboxylic acids is 1. The summed E-state index contributed by atoms with van der Waals surface area (Å²) in [5, 5.41) is 17.1. The lowest BCUT2D eigenvalue weighted by Gasteiger charge is -2.07. The van der Waals surface area contributed by atoms with E-state index in [9.17, 15) is 14.9 Å². The van der Waals surface area contributed by atoms with Crippen LogP contribution in [0.2, 0.25) is 0 Å². The molecule has 0 fully saturated rings. The Hall–Kier alpha value is -2.70. The molecule has 2 rings (SSSR count). The Morgan fingerprint density at radius 2 is 2.20 bits per heavy atom. The summed E-state index contributed by atoms with van der Waals surface area (Å²) in [5.41, 5.74) is 1.67. The molecule has 0 bridgehead atoms. The molecule has 0 aliphatic rings. The lowest BCUT2D eigenvalue weighted by molar-refractivity contribution is -0.385. The number of aryl methyl sites for hydroxylation is 2. The van der Waals surface area contributed by atoms with Crippen LogP contribution in [0.25, 0.3) is 0 Å². The topological polar surface area (TPSA) is 90.1 Å². The summed E-state index contributed by atoms with van der Waals surface area (Å²) in [4.78, 5) is 21.8. The maximum Gasteiger partial charge on any atom is 0.306 e. The first-order valence-electron chi connectivity index (χ1n) is 6.08. The van der Waals surface area contributed by atoms with Crippen LogP contribution in [0.15, 0.2) is 36.7 Å². The van der Waals surface area contributed by atoms with Crippen LogP contribution in [-0.4, -0.2) is 20.6 Å². The van der Waals surface area contributed by atoms with Gasteiger partial charge in [0, 0.05) is 18.7 Å². The predicted molar refractivity (Wildman–Crippen MR) is 73.3 cm³/mol. The van der Waals surface area contributed by atoms with E-state index in [0.717, 1.165) is 11.3 Å². The molecule has 0 aliphatic carbocycles. The Morgan fingerprint density at radius 3 is 2.85 bits per heavy atom. The predicted octanol–water partition coefficient (Wildman–Crippen LogP) is 2.13. The third-order valence-electron chi connectivity index (χ3n) is 2.82. The summed E-state index contributed by atoms with van der Waals surface area (Å²) in [6.07, 6.45) is 2.67. The molecule has 1 heterocycles. The van der Waals surface area contributed by atoms with Crippen molar-refractivity contribution < 1.29 is 9.72 Å². The molecule has 0 saturated carbocycles. The van der Waals surface area contributed by atoms with Gasteiger partial charge in [0.1, 0.15) is 12.4 Å². The summed E-state index contributed by atoms with van der Waals surface area (Å²) in [6.45, 7) is 2.21. The van der Waals surface area contributed by atoms with Crippen LogP contribution in [0.1, 0.15) is 12.0 Å². The Kier molecular flexibility index (Phi) is 4.09. The Balaban J connectivity index is 1.89. The number of amides is 1. The van der Waals surface area contributed by atoms with E-state index < -0.39 is 4.92 Å². The van der Waals surface area contributed by atoms with Gasteiger partial charge in [0.25, 0.3) is 0 Å². The smallest absolute Gasteiger partial charge is 0.306 e. The van der Waals surface area contributed by atoms with Gasteiger partial charge in [0.05, 0.1) is 4.92 Å². The second-order valence-corrected chi connectivity index (χ2v) is 4.33. The van der Waals surface area contributed by atoms with E-state index in [4.69, 9.17) is 0 Å². The van der Waals surface area contributed by atoms with Gasteiger partial charge in [-0.25, -0.2) is 0 Å². The summed E-state index contributed by atoms with van der Waals surface area (Å²) in [6, 6.07) is 7.48. The minimum absolute atomic E-state index is 0.0793. The second kappa shape index (κ2) is 5.96. The van der Waals surface area contributed by atoms with E-state index in [1.807, 2.05) is 31.2 Å². The fourth-order valence-corrected chi connectivity index (χ4v) is 1.71. The van der Waals surface area contributed by atoms with E-state index in [0.29, 0.717) is 6.54 Å². The SMILES string of the molecule is Cc1ccccc1NC(=O)CCn1cc([N+](=O)[O-])cn1. The zero-order valence-electron chi connectivity index (χ0n) is 10.9. The molecule has 0 aliphatic heterocycles. The number of para-hydroxylation sites is 1. The van der Waals surface area contributed by atoms with Crippen LogP contribution in [0, 0.1) is 17.0 Å². The van der Waals surface area contributed by atoms with E-state index in [1.165, 1.54) is 17.1 Å². The van der Waals surface area contributed by atoms with Gasteiger partial charge in [0.15, 0.2) is 0 Å². The first-order valence-corrected chi connectivity index (χ1v) is 6.08. The number of benzene rings is 1. The van der Waals surface area contributed by atoms with Crippen molar-refractivity contribution in [1.29, 1.82) is 0 Å². The molecule has 0 spiro atoms. The number of nitro groups is 1. The van der Waals surface area contributed by atoms with Gasteiger partial charge < -0.3 is 5.32 Å². The first kappa shape index (κ1) is 13.7. The lowest BCUT2D eigenvalue weighted by Crippen LogP contribution is -2.15. The van der Waals surface area contributed by atoms with Crippen molar-refractivity contribution in [3.05, 3.63) is 52.3 Å². The van der Waals surface area contributed by atoms with Gasteiger partial charge in [0.2, 0.25) is 5.91 Å². The molecule has 0 unspecified atom stereocenters. The number of hydrogen-bond donors (Lipinski definition) is 1. The van der Waals surface area contributed by atoms with Crippen molar-refractivity contribution in [2.75, 3.05) is 5.32 Å². The quantitative estimate of drug-likeness (QED) is 0.668. The molecule has 1 amide bonds. The summed E-state index contributed by atoms with van der Waals surface area (Å²) < 4.78 is 1.38. The Labute approximate surface area is 115 Å². The molecule has 0 atom stereocenters. The van der Waals surface area contributed by atoms with Crippen LogP contribution in [0.4, 0.5) is 11.4 Å². The van der Waals surface area contributed by atoms with Gasteiger partial charge in [-0.3, -0.25) is 19.6 Å². The Bertz CT molecular complexity index is 636. The van der Waals surface area contributed by atoms with Gasteiger partial charge in [-0.15, -0.1) is 0 Å². The average molecular weight is 274 g/mol. The van der Waals surface area contributed by atoms with Crippen molar-refractivity contribution in [3.63, 3.8) is 0 Å². The summed E-state index contributed by atoms with van der Waals surface area (Å²) >= 11 is 0. The highest BCUT2D eigenvalue weighted by atomic mass is 16.6. The highest BCUT2D eigenvalue weighted by Gasteiger charge is 2.10. The average Bonchev–Trinajstić information content (AvgIpc) is 2.88. The van der Waals surface area contributed by atoms with Crippen molar-refractivity contribution in [3.8, 4) is 0 Å². The minimum atomic E-state index is -0.517. The number of aromatic nitrogens is 2. The van der Waals surface area contributed by atoms with Crippen LogP contribution >= 0.6 is 0 Å². The van der Waals surface area contributed by atoms with Gasteiger partial charge >= 0.3 is 5.69 Å². The number of anilines is 1. The number of hydrogen-bond acceptors (Lipinski definition) is 4. The van der Waals surface area contributed by atoms with Crippen molar-refractivity contribution in [1.82, 2.24) is 9.78 Å². The number of rotatable bonds is 5. The molecule has 1 aromatic heterocycles. The lowest BCUT2D eigenvalue weighted by atomic mass is 10.2. The van der Waals surface area contributed by atoms with Crippen molar-refractivity contribution in [2.24, 2.45) is 0 Å². The number of carbonyl (C=O) groups is 1. The zero-order valence-corrected chi connectivity index (χ0v) is 10.9. The second-order valence-electron chi connectivity index (χ2n) is 4.33. The summed E-state index contributed by atoms with van der Waals surface area (Å²) in [5.74, 6) is -0.155. The van der Waals surface area contributed by atoms with Gasteiger partial charge in [-0.05, 0) is 18.6 Å². The zero-order chi connectivity index (χ0) is 14.5. The van der Waals surface area contributed by atoms with Crippen molar-refractivity contribution >= 4 is 17.3 Å². The fraction of sp³-hybridized carbons (Fsp3) is 0.231. The normalized spacial score (nSPS) is 10.2. The fourth-order valence-electron chi connectivity index (χ4n) is 1.71. The van der Waals surface area contributed by atoms with Crippen LogP contribution < -0.4 is 5.32 Å². The standard InChI is InChI=1S/C13H14N4O3/c1-10-4-2-3-5-12(10)15-13(18)6-7-16-9-11(8-14-16)17(19)20/h2-5,8-9H,6-7H2,1H3,(H,15,18). The number of nitrogens with zero attached hydrogens (tertiary/aromatic N) is 3. The molecular weight excluding hydrogens is 260 g/mol. The Morgan fingerprint density at radius 1 is 1.45 bits per heavy atom. The third kappa shape index (κ3) is 3.41. The largest absolute Gasteiger partial charge is 0.326 e. The maximum atomic E-state index is 11.8. The highest BCUT2D eigenvalue weighted by Crippen LogP contribution is 2.13. The van der Waals surface area contributed by atoms with Gasteiger partial charge in [-0.2, -0.15) is 5.10 Å². The molecule has 0 saturated heterocycles. The highest BCUT2D eigenvalue weighted by molar-refractivity contribution is 5.91. The van der Waals surface area contributed by atoms with E-state index in [1.54, 1.807) is 0 Å². The third-order valence-corrected chi connectivity index (χ3v) is 2.82. The van der Waals surface area contributed by atoms with E-state index in [-0.39, 0.29) is 18.0 Å². The van der Waals surface area contributed by atoms with Crippen LogP contribution in [0.3, 0.4) is 0 Å². The molecule has 1 N–H and O–H groups in total. The molecule has 0 radical (unpaired) electrons. The molecular formula is C13H14N4O3.